The predicted octanol–water partition coefficient (Wildman–Crippen LogP) is 4.88. The second-order valence-corrected chi connectivity index (χ2v) is 9.48. The van der Waals surface area contributed by atoms with Gasteiger partial charge >= 0.3 is 7.60 Å². The van der Waals surface area contributed by atoms with Crippen LogP contribution in [0.4, 0.5) is 0 Å². The minimum Gasteiger partial charge on any atom is -0.377 e. The van der Waals surface area contributed by atoms with E-state index in [0.717, 1.165) is 32.1 Å². The van der Waals surface area contributed by atoms with Crippen molar-refractivity contribution >= 4 is 7.60 Å². The van der Waals surface area contributed by atoms with Gasteiger partial charge in [-0.3, -0.25) is 4.57 Å². The van der Waals surface area contributed by atoms with E-state index >= 15 is 0 Å². The Morgan fingerprint density at radius 3 is 2.30 bits per heavy atom. The topological polar surface area (TPSA) is 55.8 Å². The minimum absolute atomic E-state index is 0.0120. The molecule has 0 amide bonds. The molecule has 3 aliphatic rings. The smallest absolute Gasteiger partial charge is 0.362 e. The summed E-state index contributed by atoms with van der Waals surface area (Å²) in [5, 5.41) is 10.5. The summed E-state index contributed by atoms with van der Waals surface area (Å²) >= 11 is 0. The van der Waals surface area contributed by atoms with Crippen molar-refractivity contribution in [3.63, 3.8) is 0 Å². The Kier molecular flexibility index (Phi) is 5.09. The van der Waals surface area contributed by atoms with Crippen LogP contribution in [0, 0.1) is 17.8 Å². The van der Waals surface area contributed by atoms with Crippen LogP contribution in [-0.2, 0) is 13.6 Å². The summed E-state index contributed by atoms with van der Waals surface area (Å²) < 4.78 is 24.9. The van der Waals surface area contributed by atoms with Gasteiger partial charge in [0.15, 0.2) is 5.34 Å². The van der Waals surface area contributed by atoms with Crippen LogP contribution < -0.4 is 0 Å². The highest BCUT2D eigenvalue weighted by atomic mass is 31.2. The molecule has 0 aromatic heterocycles. The van der Waals surface area contributed by atoms with Crippen LogP contribution in [0.5, 0.6) is 0 Å². The van der Waals surface area contributed by atoms with Gasteiger partial charge in [-0.15, -0.1) is 0 Å². The third-order valence-corrected chi connectivity index (χ3v) is 8.95. The molecule has 0 spiro atoms. The monoisotopic (exact) mass is 342 g/mol. The van der Waals surface area contributed by atoms with Crippen molar-refractivity contribution < 1.29 is 18.7 Å². The molecule has 0 heterocycles. The number of rotatable bonds is 5. The molecule has 2 bridgehead atoms. The molecule has 0 unspecified atom stereocenters. The van der Waals surface area contributed by atoms with Gasteiger partial charge in [0.05, 0.1) is 13.2 Å². The van der Waals surface area contributed by atoms with Crippen LogP contribution in [0.25, 0.3) is 0 Å². The summed E-state index contributed by atoms with van der Waals surface area (Å²) in [6, 6.07) is 0. The zero-order chi connectivity index (χ0) is 16.7. The van der Waals surface area contributed by atoms with E-state index in [-0.39, 0.29) is 17.8 Å². The molecule has 0 aromatic carbocycles. The van der Waals surface area contributed by atoms with Gasteiger partial charge in [-0.25, -0.2) is 0 Å². The fourth-order valence-electron chi connectivity index (χ4n) is 5.36. The van der Waals surface area contributed by atoms with E-state index in [2.05, 4.69) is 6.92 Å². The summed E-state index contributed by atoms with van der Waals surface area (Å²) in [5.74, 6) is 0.222. The summed E-state index contributed by atoms with van der Waals surface area (Å²) in [6.45, 7) is 6.46. The van der Waals surface area contributed by atoms with Gasteiger partial charge in [-0.2, -0.15) is 0 Å². The van der Waals surface area contributed by atoms with Crippen molar-refractivity contribution in [2.24, 2.45) is 17.8 Å². The lowest BCUT2D eigenvalue weighted by atomic mass is 9.59. The molecule has 0 aliphatic heterocycles. The van der Waals surface area contributed by atoms with Gasteiger partial charge in [0.25, 0.3) is 0 Å². The first-order chi connectivity index (χ1) is 11.0. The maximum absolute atomic E-state index is 13.6. The molecule has 132 valence electrons. The number of allylic oxidation sites excluding steroid dienone is 1. The largest absolute Gasteiger partial charge is 0.377 e. The summed E-state index contributed by atoms with van der Waals surface area (Å²) in [4.78, 5) is 0. The van der Waals surface area contributed by atoms with Crippen molar-refractivity contribution in [3.8, 4) is 0 Å². The van der Waals surface area contributed by atoms with Crippen molar-refractivity contribution in [2.75, 3.05) is 13.2 Å². The van der Waals surface area contributed by atoms with Crippen LogP contribution in [0.1, 0.15) is 65.7 Å². The molecule has 23 heavy (non-hydrogen) atoms. The Balaban J connectivity index is 2.11. The van der Waals surface area contributed by atoms with Gasteiger partial charge in [0.1, 0.15) is 0 Å². The van der Waals surface area contributed by atoms with Crippen LogP contribution in [0.2, 0.25) is 0 Å². The lowest BCUT2D eigenvalue weighted by molar-refractivity contribution is -0.0651. The molecule has 0 saturated heterocycles. The minimum atomic E-state index is -3.56. The lowest BCUT2D eigenvalue weighted by Gasteiger charge is -2.55. The Morgan fingerprint density at radius 2 is 1.70 bits per heavy atom. The Hall–Kier alpha value is -0.150. The number of hydrogen-bond donors (Lipinski definition) is 1. The fourth-order valence-corrected chi connectivity index (χ4v) is 7.96. The quantitative estimate of drug-likeness (QED) is 0.571. The molecule has 3 aliphatic carbocycles. The van der Waals surface area contributed by atoms with Gasteiger partial charge < -0.3 is 14.2 Å². The summed E-state index contributed by atoms with van der Waals surface area (Å²) in [7, 11) is -3.56. The zero-order valence-electron chi connectivity index (χ0n) is 14.7. The Bertz CT molecular complexity index is 519. The van der Waals surface area contributed by atoms with Crippen molar-refractivity contribution in [1.82, 2.24) is 0 Å². The molecule has 5 heteroatoms. The Morgan fingerprint density at radius 1 is 1.09 bits per heavy atom. The highest BCUT2D eigenvalue weighted by Gasteiger charge is 2.65. The molecular formula is C18H31O4P. The average molecular weight is 342 g/mol. The predicted molar refractivity (Wildman–Crippen MR) is 91.3 cm³/mol. The van der Waals surface area contributed by atoms with E-state index < -0.39 is 12.9 Å². The standard InChI is InChI=1S/C18H31O4P/c1-4-21-23(20,22-5-2)18(19)16-11-8-12-17(18)15-10-7-6-9-14(15)13(16)3/h13,16-17,19H,4-12H2,1-3H3/t13-,16-,17-,18+/m0/s1. The molecular weight excluding hydrogens is 311 g/mol. The number of fused-ring (bicyclic) bond motifs is 3. The van der Waals surface area contributed by atoms with Gasteiger partial charge in [-0.05, 0) is 58.3 Å². The molecule has 1 saturated carbocycles. The number of aliphatic hydroxyl groups is 1. The van der Waals surface area contributed by atoms with Crippen LogP contribution in [-0.4, -0.2) is 23.7 Å². The first-order valence-corrected chi connectivity index (χ1v) is 10.9. The van der Waals surface area contributed by atoms with Crippen LogP contribution in [0.15, 0.2) is 11.1 Å². The molecule has 3 rings (SSSR count). The average Bonchev–Trinajstić information content (AvgIpc) is 2.53. The first-order valence-electron chi connectivity index (χ1n) is 9.33. The second kappa shape index (κ2) is 6.63. The van der Waals surface area contributed by atoms with Crippen molar-refractivity contribution in [2.45, 2.75) is 71.1 Å². The molecule has 0 aromatic rings. The molecule has 1 fully saturated rings. The molecule has 1 N–H and O–H groups in total. The lowest BCUT2D eigenvalue weighted by Crippen LogP contribution is -2.55. The molecule has 4 atom stereocenters. The van der Waals surface area contributed by atoms with Gasteiger partial charge in [0, 0.05) is 11.8 Å². The van der Waals surface area contributed by atoms with Crippen molar-refractivity contribution in [1.29, 1.82) is 0 Å². The zero-order valence-corrected chi connectivity index (χ0v) is 15.6. The first kappa shape index (κ1) is 17.7. The van der Waals surface area contributed by atoms with E-state index in [1.54, 1.807) is 0 Å². The van der Waals surface area contributed by atoms with E-state index in [4.69, 9.17) is 9.05 Å². The molecule has 4 nitrogen and oxygen atoms in total. The third kappa shape index (κ3) is 2.57. The van der Waals surface area contributed by atoms with Gasteiger partial charge in [-0.1, -0.05) is 24.5 Å². The summed E-state index contributed by atoms with van der Waals surface area (Å²) in [5.41, 5.74) is 2.91. The second-order valence-electron chi connectivity index (χ2n) is 7.25. The fraction of sp³-hybridized carbons (Fsp3) is 0.889. The van der Waals surface area contributed by atoms with Crippen LogP contribution in [0.3, 0.4) is 0 Å². The summed E-state index contributed by atoms with van der Waals surface area (Å²) in [6.07, 6.45) is 7.52. The third-order valence-electron chi connectivity index (χ3n) is 6.23. The normalized spacial score (nSPS) is 37.7. The maximum atomic E-state index is 13.6. The van der Waals surface area contributed by atoms with E-state index in [1.807, 2.05) is 13.8 Å². The van der Waals surface area contributed by atoms with Gasteiger partial charge in [0.2, 0.25) is 0 Å². The van der Waals surface area contributed by atoms with E-state index in [0.29, 0.717) is 13.2 Å². The maximum Gasteiger partial charge on any atom is 0.362 e. The molecule has 0 radical (unpaired) electrons. The number of hydrogen-bond acceptors (Lipinski definition) is 4. The van der Waals surface area contributed by atoms with Crippen molar-refractivity contribution in [3.05, 3.63) is 11.1 Å². The Labute approximate surface area is 140 Å². The highest BCUT2D eigenvalue weighted by molar-refractivity contribution is 7.55. The van der Waals surface area contributed by atoms with E-state index in [9.17, 15) is 9.67 Å². The van der Waals surface area contributed by atoms with Crippen LogP contribution >= 0.6 is 7.60 Å². The van der Waals surface area contributed by atoms with E-state index in [1.165, 1.54) is 24.0 Å². The highest BCUT2D eigenvalue weighted by Crippen LogP contribution is 2.72. The SMILES string of the molecule is CCOP(=O)(OCC)[C@@]1(O)[C@H]2CCC[C@H]1[C@@H](C)C1=C2CCCC1.